The van der Waals surface area contributed by atoms with Crippen molar-refractivity contribution in [3.63, 3.8) is 0 Å². The molecule has 0 heterocycles. The average Bonchev–Trinajstić information content (AvgIpc) is 2.07. The first-order valence-electron chi connectivity index (χ1n) is 3.60. The van der Waals surface area contributed by atoms with Crippen LogP contribution in [0.2, 0.25) is 5.02 Å². The number of nitrogens with two attached hydrogens (primary N) is 1. The Bertz CT molecular complexity index is 340. The quantitative estimate of drug-likeness (QED) is 0.772. The maximum atomic E-state index is 13.1. The van der Waals surface area contributed by atoms with Crippen LogP contribution >= 0.6 is 24.0 Å². The molecule has 0 fully saturated rings. The van der Waals surface area contributed by atoms with E-state index in [-0.39, 0.29) is 17.4 Å². The van der Waals surface area contributed by atoms with E-state index in [0.717, 1.165) is 12.1 Å². The third-order valence-corrected chi connectivity index (χ3v) is 1.96. The van der Waals surface area contributed by atoms with E-state index in [1.165, 1.54) is 6.07 Å². The van der Waals surface area contributed by atoms with Gasteiger partial charge in [0.25, 0.3) is 0 Å². The molecule has 1 aromatic rings. The molecular weight excluding hydrogens is 257 g/mol. The molecule has 0 aliphatic rings. The van der Waals surface area contributed by atoms with E-state index in [4.69, 9.17) is 17.3 Å². The zero-order valence-corrected chi connectivity index (χ0v) is 8.76. The first kappa shape index (κ1) is 14.5. The predicted octanol–water partition coefficient (Wildman–Crippen LogP) is 3.46. The molecule has 1 atom stereocenters. The maximum Gasteiger partial charge on any atom is 0.407 e. The monoisotopic (exact) mass is 263 g/mol. The normalized spacial score (nSPS) is 13.2. The fourth-order valence-electron chi connectivity index (χ4n) is 0.937. The summed E-state index contributed by atoms with van der Waals surface area (Å²) in [6.07, 6.45) is -4.68. The molecule has 2 N–H and O–H groups in total. The summed E-state index contributed by atoms with van der Waals surface area (Å²) >= 11 is 5.31. The average molecular weight is 264 g/mol. The standard InChI is InChI=1S/C8H6ClF4N.ClH/c9-5-3-1-2-4(6(5)10)7(14)8(11,12)13;/h1-3,7H,14H2;1H/t7-;/m0./s1. The Balaban J connectivity index is 0.00000196. The molecule has 0 bridgehead atoms. The van der Waals surface area contributed by atoms with E-state index < -0.39 is 23.6 Å². The lowest BCUT2D eigenvalue weighted by atomic mass is 10.1. The molecule has 1 aromatic carbocycles. The van der Waals surface area contributed by atoms with Crippen LogP contribution in [-0.4, -0.2) is 6.18 Å². The van der Waals surface area contributed by atoms with Crippen molar-refractivity contribution >= 4 is 24.0 Å². The van der Waals surface area contributed by atoms with E-state index in [1.807, 2.05) is 0 Å². The van der Waals surface area contributed by atoms with E-state index in [1.54, 1.807) is 0 Å². The second-order valence-corrected chi connectivity index (χ2v) is 3.07. The Morgan fingerprint density at radius 1 is 1.27 bits per heavy atom. The molecule has 0 aliphatic carbocycles. The van der Waals surface area contributed by atoms with Gasteiger partial charge in [-0.3, -0.25) is 0 Å². The fourth-order valence-corrected chi connectivity index (χ4v) is 1.12. The summed E-state index contributed by atoms with van der Waals surface area (Å²) < 4.78 is 49.4. The number of hydrogen-bond acceptors (Lipinski definition) is 1. The minimum absolute atomic E-state index is 0. The van der Waals surface area contributed by atoms with Crippen LogP contribution in [0.15, 0.2) is 18.2 Å². The minimum atomic E-state index is -4.68. The largest absolute Gasteiger partial charge is 0.407 e. The first-order chi connectivity index (χ1) is 6.34. The van der Waals surface area contributed by atoms with Crippen LogP contribution in [0.4, 0.5) is 17.6 Å². The van der Waals surface area contributed by atoms with E-state index in [2.05, 4.69) is 0 Å². The summed E-state index contributed by atoms with van der Waals surface area (Å²) in [4.78, 5) is 0. The van der Waals surface area contributed by atoms with Gasteiger partial charge >= 0.3 is 6.18 Å². The SMILES string of the molecule is Cl.N[C@@H](c1cccc(Cl)c1F)C(F)(F)F. The maximum absolute atomic E-state index is 13.1. The Kier molecular flexibility index (Phi) is 4.83. The molecule has 1 nitrogen and oxygen atoms in total. The van der Waals surface area contributed by atoms with Crippen molar-refractivity contribution in [3.8, 4) is 0 Å². The van der Waals surface area contributed by atoms with Crippen LogP contribution in [0.1, 0.15) is 11.6 Å². The zero-order valence-electron chi connectivity index (χ0n) is 7.18. The third-order valence-electron chi connectivity index (χ3n) is 1.67. The van der Waals surface area contributed by atoms with Crippen molar-refractivity contribution in [2.24, 2.45) is 5.73 Å². The lowest BCUT2D eigenvalue weighted by molar-refractivity contribution is -0.149. The van der Waals surface area contributed by atoms with Gasteiger partial charge in [0.1, 0.15) is 11.9 Å². The Morgan fingerprint density at radius 2 is 1.80 bits per heavy atom. The van der Waals surface area contributed by atoms with Gasteiger partial charge in [-0.2, -0.15) is 13.2 Å². The molecular formula is C8H7Cl2F4N. The number of rotatable bonds is 1. The summed E-state index contributed by atoms with van der Waals surface area (Å²) in [5.74, 6) is -1.13. The van der Waals surface area contributed by atoms with Gasteiger partial charge in [0.2, 0.25) is 0 Å². The summed E-state index contributed by atoms with van der Waals surface area (Å²) in [5, 5.41) is -0.373. The lowest BCUT2D eigenvalue weighted by Gasteiger charge is -2.16. The van der Waals surface area contributed by atoms with Crippen molar-refractivity contribution < 1.29 is 17.6 Å². The second kappa shape index (κ2) is 5.01. The van der Waals surface area contributed by atoms with Gasteiger partial charge in [-0.15, -0.1) is 12.4 Å². The van der Waals surface area contributed by atoms with Crippen LogP contribution in [-0.2, 0) is 0 Å². The van der Waals surface area contributed by atoms with Crippen LogP contribution < -0.4 is 5.73 Å². The third kappa shape index (κ3) is 3.22. The lowest BCUT2D eigenvalue weighted by Crippen LogP contribution is -2.29. The van der Waals surface area contributed by atoms with Crippen molar-refractivity contribution in [1.82, 2.24) is 0 Å². The molecule has 0 aromatic heterocycles. The van der Waals surface area contributed by atoms with Gasteiger partial charge in [0, 0.05) is 5.56 Å². The Labute approximate surface area is 94.6 Å². The highest BCUT2D eigenvalue weighted by Crippen LogP contribution is 2.33. The molecule has 0 unspecified atom stereocenters. The second-order valence-electron chi connectivity index (χ2n) is 2.66. The highest BCUT2D eigenvalue weighted by molar-refractivity contribution is 6.30. The van der Waals surface area contributed by atoms with Gasteiger partial charge in [-0.05, 0) is 6.07 Å². The van der Waals surface area contributed by atoms with Gasteiger partial charge in [-0.25, -0.2) is 4.39 Å². The molecule has 0 saturated carbocycles. The summed E-state index contributed by atoms with van der Waals surface area (Å²) in [6.45, 7) is 0. The molecule has 0 aliphatic heterocycles. The topological polar surface area (TPSA) is 26.0 Å². The molecule has 0 radical (unpaired) electrons. The Hall–Kier alpha value is -0.520. The molecule has 7 heteroatoms. The minimum Gasteiger partial charge on any atom is -0.316 e. The van der Waals surface area contributed by atoms with Crippen LogP contribution in [0.25, 0.3) is 0 Å². The van der Waals surface area contributed by atoms with E-state index in [9.17, 15) is 17.6 Å². The van der Waals surface area contributed by atoms with Gasteiger partial charge in [0.15, 0.2) is 0 Å². The van der Waals surface area contributed by atoms with Gasteiger partial charge in [-0.1, -0.05) is 23.7 Å². The molecule has 0 spiro atoms. The predicted molar refractivity (Wildman–Crippen MR) is 51.6 cm³/mol. The highest BCUT2D eigenvalue weighted by atomic mass is 35.5. The van der Waals surface area contributed by atoms with Crippen LogP contribution in [0.3, 0.4) is 0 Å². The summed E-state index contributed by atoms with van der Waals surface area (Å²) in [6, 6.07) is 0.982. The molecule has 0 saturated heterocycles. The van der Waals surface area contributed by atoms with Crippen molar-refractivity contribution in [3.05, 3.63) is 34.6 Å². The van der Waals surface area contributed by atoms with Crippen molar-refractivity contribution in [2.45, 2.75) is 12.2 Å². The summed E-state index contributed by atoms with van der Waals surface area (Å²) in [7, 11) is 0. The summed E-state index contributed by atoms with van der Waals surface area (Å²) in [5.41, 5.74) is 4.17. The van der Waals surface area contributed by atoms with Gasteiger partial charge < -0.3 is 5.73 Å². The van der Waals surface area contributed by atoms with Crippen molar-refractivity contribution in [1.29, 1.82) is 0 Å². The number of halogens is 6. The number of alkyl halides is 3. The molecule has 0 amide bonds. The van der Waals surface area contributed by atoms with Gasteiger partial charge in [0.05, 0.1) is 5.02 Å². The van der Waals surface area contributed by atoms with Crippen molar-refractivity contribution in [2.75, 3.05) is 0 Å². The fraction of sp³-hybridized carbons (Fsp3) is 0.250. The smallest absolute Gasteiger partial charge is 0.316 e. The zero-order chi connectivity index (χ0) is 10.9. The van der Waals surface area contributed by atoms with Crippen LogP contribution in [0, 0.1) is 5.82 Å². The molecule has 86 valence electrons. The highest BCUT2D eigenvalue weighted by Gasteiger charge is 2.39. The van der Waals surface area contributed by atoms with E-state index >= 15 is 0 Å². The first-order valence-corrected chi connectivity index (χ1v) is 3.98. The number of benzene rings is 1. The number of hydrogen-bond donors (Lipinski definition) is 1. The van der Waals surface area contributed by atoms with Crippen LogP contribution in [0.5, 0.6) is 0 Å². The molecule has 15 heavy (non-hydrogen) atoms. The molecule has 1 rings (SSSR count). The van der Waals surface area contributed by atoms with E-state index in [0.29, 0.717) is 0 Å². The Morgan fingerprint density at radius 3 is 2.27 bits per heavy atom.